The lowest BCUT2D eigenvalue weighted by Crippen LogP contribution is -2.39. The number of nitrogens with two attached hydrogens (primary N) is 1. The standard InChI is InChI=1S/C12H16Cl2N2O3S/c1-7-4-5-16(9(7)6-17)20(18,19)10-3-2-8(13)12(15)11(10)14/h2-3,7,9,17H,4-6,15H2,1H3. The Morgan fingerprint density at radius 1 is 1.45 bits per heavy atom. The summed E-state index contributed by atoms with van der Waals surface area (Å²) in [5.41, 5.74) is 5.72. The Hall–Kier alpha value is -0.530. The molecule has 1 fully saturated rings. The smallest absolute Gasteiger partial charge is 0.244 e. The molecule has 0 saturated carbocycles. The zero-order valence-corrected chi connectivity index (χ0v) is 13.2. The minimum atomic E-state index is -3.80. The third-order valence-electron chi connectivity index (χ3n) is 3.70. The highest BCUT2D eigenvalue weighted by molar-refractivity contribution is 7.89. The Bertz CT molecular complexity index is 621. The third-order valence-corrected chi connectivity index (χ3v) is 6.51. The lowest BCUT2D eigenvalue weighted by atomic mass is 10.0. The molecule has 3 N–H and O–H groups in total. The highest BCUT2D eigenvalue weighted by atomic mass is 35.5. The molecule has 0 radical (unpaired) electrons. The topological polar surface area (TPSA) is 83.6 Å². The van der Waals surface area contributed by atoms with E-state index in [2.05, 4.69) is 0 Å². The first-order chi connectivity index (χ1) is 9.30. The van der Waals surface area contributed by atoms with E-state index in [9.17, 15) is 13.5 Å². The van der Waals surface area contributed by atoms with Gasteiger partial charge in [0.05, 0.1) is 28.4 Å². The second-order valence-electron chi connectivity index (χ2n) is 4.90. The minimum absolute atomic E-state index is 0.0437. The van der Waals surface area contributed by atoms with Gasteiger partial charge in [0.15, 0.2) is 0 Å². The van der Waals surface area contributed by atoms with Crippen molar-refractivity contribution in [3.05, 3.63) is 22.2 Å². The monoisotopic (exact) mass is 338 g/mol. The van der Waals surface area contributed by atoms with Crippen molar-refractivity contribution >= 4 is 38.9 Å². The Balaban J connectivity index is 2.49. The van der Waals surface area contributed by atoms with Gasteiger partial charge >= 0.3 is 0 Å². The van der Waals surface area contributed by atoms with Crippen LogP contribution in [0, 0.1) is 5.92 Å². The third kappa shape index (κ3) is 2.51. The summed E-state index contributed by atoms with van der Waals surface area (Å²) < 4.78 is 26.6. The molecule has 112 valence electrons. The van der Waals surface area contributed by atoms with Crippen LogP contribution in [0.2, 0.25) is 10.0 Å². The number of aliphatic hydroxyl groups is 1. The Morgan fingerprint density at radius 3 is 2.70 bits per heavy atom. The first-order valence-corrected chi connectivity index (χ1v) is 8.36. The molecule has 1 aromatic rings. The summed E-state index contributed by atoms with van der Waals surface area (Å²) in [6.07, 6.45) is 0.700. The van der Waals surface area contributed by atoms with Crippen LogP contribution < -0.4 is 5.73 Å². The first kappa shape index (κ1) is 15.9. The van der Waals surface area contributed by atoms with Crippen molar-refractivity contribution in [1.29, 1.82) is 0 Å². The molecule has 8 heteroatoms. The number of benzene rings is 1. The van der Waals surface area contributed by atoms with E-state index in [-0.39, 0.29) is 33.2 Å². The average molecular weight is 339 g/mol. The van der Waals surface area contributed by atoms with Crippen molar-refractivity contribution in [2.75, 3.05) is 18.9 Å². The van der Waals surface area contributed by atoms with Crippen LogP contribution in [0.15, 0.2) is 17.0 Å². The Kier molecular flexibility index (Phi) is 4.51. The van der Waals surface area contributed by atoms with Gasteiger partial charge in [0, 0.05) is 6.54 Å². The highest BCUT2D eigenvalue weighted by Crippen LogP contribution is 2.37. The fraction of sp³-hybridized carbons (Fsp3) is 0.500. The first-order valence-electron chi connectivity index (χ1n) is 6.17. The number of rotatable bonds is 3. The molecule has 5 nitrogen and oxygen atoms in total. The normalized spacial score (nSPS) is 24.2. The second kappa shape index (κ2) is 5.69. The SMILES string of the molecule is CC1CCN(S(=O)(=O)c2ccc(Cl)c(N)c2Cl)C1CO. The van der Waals surface area contributed by atoms with E-state index >= 15 is 0 Å². The molecular formula is C12H16Cl2N2O3S. The van der Waals surface area contributed by atoms with E-state index in [1.54, 1.807) is 0 Å². The molecule has 0 spiro atoms. The van der Waals surface area contributed by atoms with Crippen LogP contribution in [0.5, 0.6) is 0 Å². The van der Waals surface area contributed by atoms with Gasteiger partial charge in [-0.05, 0) is 24.5 Å². The number of halogens is 2. The van der Waals surface area contributed by atoms with E-state index in [4.69, 9.17) is 28.9 Å². The van der Waals surface area contributed by atoms with Crippen LogP contribution in [0.25, 0.3) is 0 Å². The van der Waals surface area contributed by atoms with Crippen LogP contribution >= 0.6 is 23.2 Å². The fourth-order valence-electron chi connectivity index (χ4n) is 2.42. The van der Waals surface area contributed by atoms with Crippen LogP contribution in [-0.2, 0) is 10.0 Å². The summed E-state index contributed by atoms with van der Waals surface area (Å²) in [7, 11) is -3.80. The number of aliphatic hydroxyl groups excluding tert-OH is 1. The van der Waals surface area contributed by atoms with E-state index in [1.165, 1.54) is 16.4 Å². The maximum atomic E-state index is 12.7. The van der Waals surface area contributed by atoms with Crippen LogP contribution in [0.3, 0.4) is 0 Å². The molecule has 2 rings (SSSR count). The number of hydrogen-bond donors (Lipinski definition) is 2. The summed E-state index contributed by atoms with van der Waals surface area (Å²) in [5.74, 6) is 0.0956. The maximum Gasteiger partial charge on any atom is 0.244 e. The molecule has 20 heavy (non-hydrogen) atoms. The van der Waals surface area contributed by atoms with Crippen molar-refractivity contribution in [2.24, 2.45) is 5.92 Å². The van der Waals surface area contributed by atoms with Gasteiger partial charge in [0.1, 0.15) is 4.90 Å². The number of nitrogen functional groups attached to an aromatic ring is 1. The largest absolute Gasteiger partial charge is 0.396 e. The summed E-state index contributed by atoms with van der Waals surface area (Å²) in [5, 5.41) is 9.54. The van der Waals surface area contributed by atoms with Gasteiger partial charge in [0.2, 0.25) is 10.0 Å². The highest BCUT2D eigenvalue weighted by Gasteiger charge is 2.40. The summed E-state index contributed by atoms with van der Waals surface area (Å²) in [4.78, 5) is -0.0754. The van der Waals surface area contributed by atoms with Gasteiger partial charge in [-0.15, -0.1) is 0 Å². The van der Waals surface area contributed by atoms with Crippen molar-refractivity contribution in [3.8, 4) is 0 Å². The molecule has 0 aliphatic carbocycles. The van der Waals surface area contributed by atoms with Gasteiger partial charge in [-0.1, -0.05) is 30.1 Å². The molecule has 1 aliphatic rings. The van der Waals surface area contributed by atoms with E-state index < -0.39 is 16.1 Å². The van der Waals surface area contributed by atoms with E-state index in [0.717, 1.165) is 0 Å². The lowest BCUT2D eigenvalue weighted by molar-refractivity contribution is 0.191. The van der Waals surface area contributed by atoms with Crippen molar-refractivity contribution in [1.82, 2.24) is 4.31 Å². The zero-order valence-electron chi connectivity index (χ0n) is 10.9. The predicted octanol–water partition coefficient (Wildman–Crippen LogP) is 1.97. The van der Waals surface area contributed by atoms with Gasteiger partial charge in [-0.25, -0.2) is 8.42 Å². The van der Waals surface area contributed by atoms with Gasteiger partial charge in [-0.3, -0.25) is 0 Å². The van der Waals surface area contributed by atoms with Crippen LogP contribution in [-0.4, -0.2) is 37.0 Å². The Morgan fingerprint density at radius 2 is 2.10 bits per heavy atom. The van der Waals surface area contributed by atoms with Crippen molar-refractivity contribution < 1.29 is 13.5 Å². The average Bonchev–Trinajstić information content (AvgIpc) is 2.77. The molecule has 2 atom stereocenters. The molecule has 0 aromatic heterocycles. The quantitative estimate of drug-likeness (QED) is 0.825. The predicted molar refractivity (Wildman–Crippen MR) is 79.4 cm³/mol. The number of nitrogens with zero attached hydrogens (tertiary/aromatic N) is 1. The molecule has 2 unspecified atom stereocenters. The second-order valence-corrected chi connectivity index (χ2v) is 7.55. The van der Waals surface area contributed by atoms with Crippen LogP contribution in [0.4, 0.5) is 5.69 Å². The van der Waals surface area contributed by atoms with Crippen molar-refractivity contribution in [3.63, 3.8) is 0 Å². The van der Waals surface area contributed by atoms with Gasteiger partial charge in [-0.2, -0.15) is 4.31 Å². The summed E-state index contributed by atoms with van der Waals surface area (Å²) in [6, 6.07) is 2.31. The van der Waals surface area contributed by atoms with Gasteiger partial charge < -0.3 is 10.8 Å². The van der Waals surface area contributed by atoms with E-state index in [0.29, 0.717) is 13.0 Å². The Labute approximate surface area is 128 Å². The van der Waals surface area contributed by atoms with Gasteiger partial charge in [0.25, 0.3) is 0 Å². The van der Waals surface area contributed by atoms with E-state index in [1.807, 2.05) is 6.92 Å². The number of sulfonamides is 1. The maximum absolute atomic E-state index is 12.7. The molecule has 1 aromatic carbocycles. The molecule has 0 amide bonds. The molecule has 1 saturated heterocycles. The zero-order chi connectivity index (χ0) is 15.1. The molecule has 1 aliphatic heterocycles. The molecular weight excluding hydrogens is 323 g/mol. The van der Waals surface area contributed by atoms with Crippen molar-refractivity contribution in [2.45, 2.75) is 24.3 Å². The number of hydrogen-bond acceptors (Lipinski definition) is 4. The minimum Gasteiger partial charge on any atom is -0.396 e. The molecule has 0 bridgehead atoms. The summed E-state index contributed by atoms with van der Waals surface area (Å²) in [6.45, 7) is 2.04. The number of anilines is 1. The molecule has 1 heterocycles. The lowest BCUT2D eigenvalue weighted by Gasteiger charge is -2.25. The van der Waals surface area contributed by atoms with Crippen LogP contribution in [0.1, 0.15) is 13.3 Å². The summed E-state index contributed by atoms with van der Waals surface area (Å²) >= 11 is 11.8. The fourth-order valence-corrected chi connectivity index (χ4v) is 4.89.